The average molecular weight is 347 g/mol. The largest absolute Gasteiger partial charge is 0.346 e. The van der Waals surface area contributed by atoms with E-state index in [4.69, 9.17) is 5.73 Å². The van der Waals surface area contributed by atoms with Crippen LogP contribution in [0, 0.1) is 0 Å². The standard InChI is InChI=1S/C17H19BrN2O/c1-12(14-6-8-16(18)9-7-14)20-17(21)15-4-2-13(3-5-15)10-11-19/h2-9,12H,10-11,19H2,1H3,(H,20,21)/t12-/m1/s1. The van der Waals surface area contributed by atoms with E-state index in [-0.39, 0.29) is 11.9 Å². The zero-order valence-corrected chi connectivity index (χ0v) is 13.6. The Hall–Kier alpha value is -1.65. The minimum absolute atomic E-state index is 0.0330. The van der Waals surface area contributed by atoms with Crippen LogP contribution in [-0.2, 0) is 6.42 Å². The second kappa shape index (κ2) is 7.38. The molecule has 1 atom stereocenters. The predicted octanol–water partition coefficient (Wildman–Crippen LogP) is 3.44. The summed E-state index contributed by atoms with van der Waals surface area (Å²) in [5.41, 5.74) is 8.41. The number of benzene rings is 2. The number of nitrogens with two attached hydrogens (primary N) is 1. The van der Waals surface area contributed by atoms with Gasteiger partial charge in [-0.3, -0.25) is 4.79 Å². The van der Waals surface area contributed by atoms with Crippen molar-refractivity contribution in [3.8, 4) is 0 Å². The van der Waals surface area contributed by atoms with E-state index < -0.39 is 0 Å². The maximum Gasteiger partial charge on any atom is 0.251 e. The van der Waals surface area contributed by atoms with Crippen LogP contribution in [0.5, 0.6) is 0 Å². The summed E-state index contributed by atoms with van der Waals surface area (Å²) in [6, 6.07) is 15.5. The van der Waals surface area contributed by atoms with Gasteiger partial charge < -0.3 is 11.1 Å². The quantitative estimate of drug-likeness (QED) is 0.871. The van der Waals surface area contributed by atoms with Crippen LogP contribution >= 0.6 is 15.9 Å². The molecule has 0 aliphatic rings. The van der Waals surface area contributed by atoms with E-state index in [1.54, 1.807) is 0 Å². The SMILES string of the molecule is C[C@@H](NC(=O)c1ccc(CCN)cc1)c1ccc(Br)cc1. The Balaban J connectivity index is 2.01. The Morgan fingerprint density at radius 2 is 1.76 bits per heavy atom. The van der Waals surface area contributed by atoms with Crippen molar-refractivity contribution in [1.29, 1.82) is 0 Å². The Bertz CT molecular complexity index is 593. The first-order valence-electron chi connectivity index (χ1n) is 6.95. The molecule has 0 unspecified atom stereocenters. The maximum atomic E-state index is 12.2. The van der Waals surface area contributed by atoms with Gasteiger partial charge in [0.05, 0.1) is 6.04 Å². The van der Waals surface area contributed by atoms with Gasteiger partial charge in [-0.25, -0.2) is 0 Å². The molecule has 0 fully saturated rings. The lowest BCUT2D eigenvalue weighted by Gasteiger charge is -2.14. The van der Waals surface area contributed by atoms with Crippen molar-refractivity contribution < 1.29 is 4.79 Å². The number of amides is 1. The predicted molar refractivity (Wildman–Crippen MR) is 89.2 cm³/mol. The van der Waals surface area contributed by atoms with Crippen molar-refractivity contribution in [2.75, 3.05) is 6.54 Å². The van der Waals surface area contributed by atoms with Crippen LogP contribution in [0.25, 0.3) is 0 Å². The van der Waals surface area contributed by atoms with Crippen molar-refractivity contribution in [3.63, 3.8) is 0 Å². The lowest BCUT2D eigenvalue weighted by Crippen LogP contribution is -2.26. The molecular formula is C17H19BrN2O. The van der Waals surface area contributed by atoms with Crippen molar-refractivity contribution in [2.24, 2.45) is 5.73 Å². The van der Waals surface area contributed by atoms with Crippen LogP contribution in [0.2, 0.25) is 0 Å². The molecule has 0 bridgehead atoms. The zero-order chi connectivity index (χ0) is 15.2. The molecular weight excluding hydrogens is 328 g/mol. The fraction of sp³-hybridized carbons (Fsp3) is 0.235. The van der Waals surface area contributed by atoms with E-state index in [0.29, 0.717) is 12.1 Å². The molecule has 0 aromatic heterocycles. The minimum Gasteiger partial charge on any atom is -0.346 e. The maximum absolute atomic E-state index is 12.2. The van der Waals surface area contributed by atoms with Gasteiger partial charge in [-0.15, -0.1) is 0 Å². The normalized spacial score (nSPS) is 12.0. The van der Waals surface area contributed by atoms with Crippen molar-refractivity contribution in [1.82, 2.24) is 5.32 Å². The molecule has 0 radical (unpaired) electrons. The van der Waals surface area contributed by atoms with E-state index in [0.717, 1.165) is 22.0 Å². The first kappa shape index (κ1) is 15.7. The van der Waals surface area contributed by atoms with Gasteiger partial charge in [-0.05, 0) is 55.3 Å². The number of carbonyl (C=O) groups is 1. The molecule has 21 heavy (non-hydrogen) atoms. The monoisotopic (exact) mass is 346 g/mol. The molecule has 0 heterocycles. The second-order valence-corrected chi connectivity index (χ2v) is 5.90. The van der Waals surface area contributed by atoms with Gasteiger partial charge in [0.1, 0.15) is 0 Å². The second-order valence-electron chi connectivity index (χ2n) is 4.98. The van der Waals surface area contributed by atoms with E-state index >= 15 is 0 Å². The molecule has 3 nitrogen and oxygen atoms in total. The van der Waals surface area contributed by atoms with Crippen LogP contribution in [0.15, 0.2) is 53.0 Å². The highest BCUT2D eigenvalue weighted by molar-refractivity contribution is 9.10. The summed E-state index contributed by atoms with van der Waals surface area (Å²) in [6.07, 6.45) is 0.831. The first-order chi connectivity index (χ1) is 10.1. The van der Waals surface area contributed by atoms with E-state index in [9.17, 15) is 4.79 Å². The first-order valence-corrected chi connectivity index (χ1v) is 7.75. The number of halogens is 1. The Kier molecular flexibility index (Phi) is 5.53. The highest BCUT2D eigenvalue weighted by Gasteiger charge is 2.11. The van der Waals surface area contributed by atoms with E-state index in [2.05, 4.69) is 21.2 Å². The minimum atomic E-state index is -0.0651. The zero-order valence-electron chi connectivity index (χ0n) is 12.0. The molecule has 0 aliphatic heterocycles. The highest BCUT2D eigenvalue weighted by Crippen LogP contribution is 2.17. The Labute approximate surface area is 133 Å². The molecule has 0 aliphatic carbocycles. The van der Waals surface area contributed by atoms with Gasteiger partial charge in [-0.1, -0.05) is 40.2 Å². The Morgan fingerprint density at radius 1 is 1.14 bits per heavy atom. The van der Waals surface area contributed by atoms with Crippen LogP contribution in [0.4, 0.5) is 0 Å². The van der Waals surface area contributed by atoms with E-state index in [1.807, 2.05) is 55.5 Å². The average Bonchev–Trinajstić information content (AvgIpc) is 2.49. The van der Waals surface area contributed by atoms with Crippen molar-refractivity contribution >= 4 is 21.8 Å². The molecule has 0 saturated carbocycles. The summed E-state index contributed by atoms with van der Waals surface area (Å²) in [5.74, 6) is -0.0651. The molecule has 1 amide bonds. The number of hydrogen-bond donors (Lipinski definition) is 2. The van der Waals surface area contributed by atoms with Gasteiger partial charge >= 0.3 is 0 Å². The highest BCUT2D eigenvalue weighted by atomic mass is 79.9. The lowest BCUT2D eigenvalue weighted by molar-refractivity contribution is 0.0940. The van der Waals surface area contributed by atoms with Crippen molar-refractivity contribution in [2.45, 2.75) is 19.4 Å². The van der Waals surface area contributed by atoms with Gasteiger partial charge in [0, 0.05) is 10.0 Å². The van der Waals surface area contributed by atoms with Crippen LogP contribution in [0.1, 0.15) is 34.5 Å². The molecule has 0 saturated heterocycles. The van der Waals surface area contributed by atoms with Gasteiger partial charge in [0.2, 0.25) is 0 Å². The van der Waals surface area contributed by atoms with Gasteiger partial charge in [-0.2, -0.15) is 0 Å². The Morgan fingerprint density at radius 3 is 2.33 bits per heavy atom. The summed E-state index contributed by atoms with van der Waals surface area (Å²) in [6.45, 7) is 2.59. The summed E-state index contributed by atoms with van der Waals surface area (Å²) in [7, 11) is 0. The molecule has 2 aromatic rings. The number of nitrogens with one attached hydrogen (secondary N) is 1. The van der Waals surface area contributed by atoms with Crippen molar-refractivity contribution in [3.05, 3.63) is 69.7 Å². The fourth-order valence-electron chi connectivity index (χ4n) is 2.10. The molecule has 2 rings (SSSR count). The number of hydrogen-bond acceptors (Lipinski definition) is 2. The molecule has 2 aromatic carbocycles. The van der Waals surface area contributed by atoms with E-state index in [1.165, 1.54) is 0 Å². The lowest BCUT2D eigenvalue weighted by atomic mass is 10.1. The summed E-state index contributed by atoms with van der Waals surface area (Å²) >= 11 is 3.41. The van der Waals surface area contributed by atoms with Crippen LogP contribution in [0.3, 0.4) is 0 Å². The number of carbonyl (C=O) groups excluding carboxylic acids is 1. The topological polar surface area (TPSA) is 55.1 Å². The third-order valence-electron chi connectivity index (χ3n) is 3.37. The van der Waals surface area contributed by atoms with Gasteiger partial charge in [0.25, 0.3) is 5.91 Å². The smallest absolute Gasteiger partial charge is 0.251 e. The third kappa shape index (κ3) is 4.41. The van der Waals surface area contributed by atoms with Crippen LogP contribution in [-0.4, -0.2) is 12.5 Å². The number of rotatable bonds is 5. The molecule has 4 heteroatoms. The van der Waals surface area contributed by atoms with Crippen LogP contribution < -0.4 is 11.1 Å². The third-order valence-corrected chi connectivity index (χ3v) is 3.90. The van der Waals surface area contributed by atoms with Gasteiger partial charge in [0.15, 0.2) is 0 Å². The molecule has 3 N–H and O–H groups in total. The summed E-state index contributed by atoms with van der Waals surface area (Å²) < 4.78 is 1.03. The molecule has 0 spiro atoms. The summed E-state index contributed by atoms with van der Waals surface area (Å²) in [5, 5.41) is 3.00. The molecule has 110 valence electrons. The summed E-state index contributed by atoms with van der Waals surface area (Å²) in [4.78, 5) is 12.2. The fourth-order valence-corrected chi connectivity index (χ4v) is 2.37.